The van der Waals surface area contributed by atoms with Crippen LogP contribution in [0.3, 0.4) is 0 Å². The highest BCUT2D eigenvalue weighted by atomic mass is 16.5. The molecule has 0 heterocycles. The highest BCUT2D eigenvalue weighted by Gasteiger charge is 2.27. The fraction of sp³-hybridized carbons (Fsp3) is 0.227. The second-order valence-electron chi connectivity index (χ2n) is 6.21. The topological polar surface area (TPSA) is 38.3 Å². The highest BCUT2D eigenvalue weighted by molar-refractivity contribution is 5.83. The molecule has 0 aliphatic heterocycles. The number of likely N-dealkylation sites (N-methyl/N-ethyl adjacent to an activating group) is 1. The van der Waals surface area contributed by atoms with E-state index in [0.29, 0.717) is 6.54 Å². The molecule has 0 aliphatic rings. The van der Waals surface area contributed by atoms with Gasteiger partial charge in [-0.15, -0.1) is 0 Å². The summed E-state index contributed by atoms with van der Waals surface area (Å²) in [5, 5.41) is 5.64. The minimum Gasteiger partial charge on any atom is -0.457 e. The molecule has 0 aliphatic carbocycles. The lowest BCUT2D eigenvalue weighted by Crippen LogP contribution is -2.26. The van der Waals surface area contributed by atoms with Crippen molar-refractivity contribution in [2.75, 3.05) is 13.6 Å². The van der Waals surface area contributed by atoms with Crippen molar-refractivity contribution in [1.29, 1.82) is 0 Å². The van der Waals surface area contributed by atoms with Crippen LogP contribution in [0, 0.1) is 0 Å². The van der Waals surface area contributed by atoms with E-state index in [2.05, 4.69) is 35.6 Å². The van der Waals surface area contributed by atoms with E-state index >= 15 is 0 Å². The van der Waals surface area contributed by atoms with E-state index in [1.54, 1.807) is 0 Å². The maximum Gasteiger partial charge on any atom is 0.303 e. The van der Waals surface area contributed by atoms with Crippen LogP contribution in [-0.2, 0) is 9.53 Å². The number of nitrogens with one attached hydrogen (secondary N) is 1. The van der Waals surface area contributed by atoms with Gasteiger partial charge in [0.05, 0.1) is 0 Å². The van der Waals surface area contributed by atoms with Gasteiger partial charge in [-0.25, -0.2) is 0 Å². The summed E-state index contributed by atoms with van der Waals surface area (Å²) in [5.74, 6) is -0.239. The lowest BCUT2D eigenvalue weighted by atomic mass is 9.87. The Morgan fingerprint density at radius 1 is 0.920 bits per heavy atom. The molecule has 0 unspecified atom stereocenters. The number of fused-ring (bicyclic) bond motifs is 1. The SMILES string of the molecule is CNC[C@@H](c1ccc2ccccc2c1)[C@H](OC(C)=O)c1ccccc1. The summed E-state index contributed by atoms with van der Waals surface area (Å²) < 4.78 is 5.74. The normalized spacial score (nSPS) is 13.4. The van der Waals surface area contributed by atoms with Crippen molar-refractivity contribution in [3.8, 4) is 0 Å². The summed E-state index contributed by atoms with van der Waals surface area (Å²) in [5.41, 5.74) is 2.16. The first-order valence-corrected chi connectivity index (χ1v) is 8.54. The van der Waals surface area contributed by atoms with Crippen LogP contribution in [0.15, 0.2) is 72.8 Å². The molecule has 0 amide bonds. The van der Waals surface area contributed by atoms with Gasteiger partial charge in [0.1, 0.15) is 6.10 Å². The summed E-state index contributed by atoms with van der Waals surface area (Å²) in [6, 6.07) is 24.7. The molecule has 128 valence electrons. The third kappa shape index (κ3) is 4.06. The van der Waals surface area contributed by atoms with Crippen LogP contribution in [0.25, 0.3) is 10.8 Å². The van der Waals surface area contributed by atoms with Gasteiger partial charge in [0.25, 0.3) is 0 Å². The van der Waals surface area contributed by atoms with Gasteiger partial charge in [0.15, 0.2) is 0 Å². The number of ether oxygens (including phenoxy) is 1. The molecule has 3 rings (SSSR count). The third-order valence-electron chi connectivity index (χ3n) is 4.41. The Labute approximate surface area is 148 Å². The smallest absolute Gasteiger partial charge is 0.303 e. The number of hydrogen-bond acceptors (Lipinski definition) is 3. The number of esters is 1. The lowest BCUT2D eigenvalue weighted by molar-refractivity contribution is -0.148. The van der Waals surface area contributed by atoms with Crippen LogP contribution in [0.5, 0.6) is 0 Å². The van der Waals surface area contributed by atoms with Crippen LogP contribution >= 0.6 is 0 Å². The largest absolute Gasteiger partial charge is 0.457 e. The Balaban J connectivity index is 2.05. The number of benzene rings is 3. The fourth-order valence-corrected chi connectivity index (χ4v) is 3.26. The molecule has 3 aromatic carbocycles. The van der Waals surface area contributed by atoms with Gasteiger partial charge in [-0.2, -0.15) is 0 Å². The summed E-state index contributed by atoms with van der Waals surface area (Å²) in [6.45, 7) is 2.18. The van der Waals surface area contributed by atoms with Gasteiger partial charge in [0, 0.05) is 19.4 Å². The van der Waals surface area contributed by atoms with Gasteiger partial charge >= 0.3 is 5.97 Å². The average molecular weight is 333 g/mol. The molecule has 2 atom stereocenters. The van der Waals surface area contributed by atoms with Crippen LogP contribution in [0.1, 0.15) is 30.1 Å². The van der Waals surface area contributed by atoms with Crippen LogP contribution < -0.4 is 5.32 Å². The summed E-state index contributed by atoms with van der Waals surface area (Å²) >= 11 is 0. The maximum atomic E-state index is 11.7. The van der Waals surface area contributed by atoms with E-state index in [-0.39, 0.29) is 18.0 Å². The Bertz CT molecular complexity index is 845. The molecule has 3 heteroatoms. The molecule has 0 fully saturated rings. The molecule has 1 N–H and O–H groups in total. The molecule has 3 nitrogen and oxygen atoms in total. The highest BCUT2D eigenvalue weighted by Crippen LogP contribution is 2.35. The minimum absolute atomic E-state index is 0.0286. The number of hydrogen-bond donors (Lipinski definition) is 1. The first kappa shape index (κ1) is 17.2. The van der Waals surface area contributed by atoms with E-state index in [0.717, 1.165) is 11.1 Å². The first-order valence-electron chi connectivity index (χ1n) is 8.54. The first-order chi connectivity index (χ1) is 12.2. The average Bonchev–Trinajstić information content (AvgIpc) is 2.64. The van der Waals surface area contributed by atoms with Gasteiger partial charge in [0.2, 0.25) is 0 Å². The van der Waals surface area contributed by atoms with E-state index in [1.165, 1.54) is 17.7 Å². The standard InChI is InChI=1S/C22H23NO2/c1-16(24)25-22(18-9-4-3-5-10-18)21(15-23-2)20-13-12-17-8-6-7-11-19(17)14-20/h3-14,21-23H,15H2,1-2H3/t21-,22+/m0/s1. The molecule has 0 aromatic heterocycles. The van der Waals surface area contributed by atoms with E-state index in [1.807, 2.05) is 49.5 Å². The summed E-state index contributed by atoms with van der Waals surface area (Å²) in [7, 11) is 1.92. The van der Waals surface area contributed by atoms with Crippen LogP contribution in [0.2, 0.25) is 0 Å². The predicted molar refractivity (Wildman–Crippen MR) is 102 cm³/mol. The molecular weight excluding hydrogens is 310 g/mol. The Morgan fingerprint density at radius 3 is 2.28 bits per heavy atom. The Morgan fingerprint density at radius 2 is 1.60 bits per heavy atom. The van der Waals surface area contributed by atoms with E-state index in [9.17, 15) is 4.79 Å². The second kappa shape index (κ2) is 7.95. The number of carbonyl (C=O) groups excluding carboxylic acids is 1. The van der Waals surface area contributed by atoms with Gasteiger partial charge < -0.3 is 10.1 Å². The minimum atomic E-state index is -0.327. The number of carbonyl (C=O) groups is 1. The van der Waals surface area contributed by atoms with Crippen molar-refractivity contribution in [3.63, 3.8) is 0 Å². The van der Waals surface area contributed by atoms with Gasteiger partial charge in [-0.3, -0.25) is 4.79 Å². The Hall–Kier alpha value is -2.65. The molecule has 0 saturated carbocycles. The van der Waals surface area contributed by atoms with Crippen LogP contribution in [-0.4, -0.2) is 19.6 Å². The third-order valence-corrected chi connectivity index (χ3v) is 4.41. The monoisotopic (exact) mass is 333 g/mol. The fourth-order valence-electron chi connectivity index (χ4n) is 3.26. The lowest BCUT2D eigenvalue weighted by Gasteiger charge is -2.28. The quantitative estimate of drug-likeness (QED) is 0.677. The van der Waals surface area contributed by atoms with Crippen molar-refractivity contribution in [3.05, 3.63) is 83.9 Å². The zero-order valence-corrected chi connectivity index (χ0v) is 14.6. The van der Waals surface area contributed by atoms with Gasteiger partial charge in [-0.1, -0.05) is 72.8 Å². The maximum absolute atomic E-state index is 11.7. The van der Waals surface area contributed by atoms with Crippen molar-refractivity contribution < 1.29 is 9.53 Å². The molecule has 0 saturated heterocycles. The predicted octanol–water partition coefficient (Wildman–Crippen LogP) is 4.45. The van der Waals surface area contributed by atoms with Crippen molar-refractivity contribution in [1.82, 2.24) is 5.32 Å². The zero-order valence-electron chi connectivity index (χ0n) is 14.6. The molecule has 0 radical (unpaired) electrons. The summed E-state index contributed by atoms with van der Waals surface area (Å²) in [6.07, 6.45) is -0.327. The molecule has 25 heavy (non-hydrogen) atoms. The molecule has 3 aromatic rings. The van der Waals surface area contributed by atoms with Crippen molar-refractivity contribution >= 4 is 16.7 Å². The molecule has 0 spiro atoms. The van der Waals surface area contributed by atoms with Gasteiger partial charge in [-0.05, 0) is 28.9 Å². The Kier molecular flexibility index (Phi) is 5.46. The summed E-state index contributed by atoms with van der Waals surface area (Å²) in [4.78, 5) is 11.7. The van der Waals surface area contributed by atoms with E-state index in [4.69, 9.17) is 4.74 Å². The van der Waals surface area contributed by atoms with E-state index < -0.39 is 0 Å². The number of rotatable bonds is 6. The van der Waals surface area contributed by atoms with Crippen LogP contribution in [0.4, 0.5) is 0 Å². The van der Waals surface area contributed by atoms with Crippen molar-refractivity contribution in [2.24, 2.45) is 0 Å². The second-order valence-corrected chi connectivity index (χ2v) is 6.21. The zero-order chi connectivity index (χ0) is 17.6. The van der Waals surface area contributed by atoms with Crippen molar-refractivity contribution in [2.45, 2.75) is 18.9 Å². The molecule has 0 bridgehead atoms. The molecular formula is C22H23NO2.